The van der Waals surface area contributed by atoms with E-state index in [1.54, 1.807) is 33.8 Å². The van der Waals surface area contributed by atoms with Crippen LogP contribution in [0.2, 0.25) is 0 Å². The highest BCUT2D eigenvalue weighted by Gasteiger charge is 2.49. The summed E-state index contributed by atoms with van der Waals surface area (Å²) in [7, 11) is -3.27. The molecule has 0 amide bonds. The highest BCUT2D eigenvalue weighted by Crippen LogP contribution is 2.50. The van der Waals surface area contributed by atoms with Crippen LogP contribution in [-0.2, 0) is 49.4 Å². The fourth-order valence-corrected chi connectivity index (χ4v) is 8.15. The average Bonchev–Trinajstić information content (AvgIpc) is 3.30. The molecule has 4 rings (SSSR count). The van der Waals surface area contributed by atoms with Gasteiger partial charge in [-0.05, 0) is 74.2 Å². The molecule has 79 heavy (non-hydrogen) atoms. The van der Waals surface area contributed by atoms with Gasteiger partial charge in [0.1, 0.15) is 23.3 Å². The number of rotatable bonds is 21. The lowest BCUT2D eigenvalue weighted by molar-refractivity contribution is -0.958. The van der Waals surface area contributed by atoms with Crippen molar-refractivity contribution in [1.29, 1.82) is 0 Å². The zero-order valence-corrected chi connectivity index (χ0v) is 41.9. The van der Waals surface area contributed by atoms with Crippen LogP contribution in [0.1, 0.15) is 148 Å². The molecule has 0 spiro atoms. The van der Waals surface area contributed by atoms with Gasteiger partial charge in [-0.3, -0.25) is 0 Å². The van der Waals surface area contributed by atoms with Crippen molar-refractivity contribution in [3.8, 4) is 17.2 Å². The molecular weight excluding hydrogens is 1130 g/mol. The quantitative estimate of drug-likeness (QED) is 0.0274. The van der Waals surface area contributed by atoms with Crippen molar-refractivity contribution < 1.29 is 124 Å². The Labute approximate surface area is 437 Å². The molecule has 0 aliphatic carbocycles. The molecule has 0 aliphatic heterocycles. The second-order valence-corrected chi connectivity index (χ2v) is 18.0. The second kappa shape index (κ2) is 26.5. The number of nitrogens with zero attached hydrogens (tertiary/aromatic N) is 1. The summed E-state index contributed by atoms with van der Waals surface area (Å²) in [5.41, 5.74) is -16.0. The lowest BCUT2D eigenvalue weighted by atomic mass is 9.88. The lowest BCUT2D eigenvalue weighted by Crippen LogP contribution is -2.53. The molecule has 0 bridgehead atoms. The molecule has 0 aromatic heterocycles. The first kappa shape index (κ1) is 67.9. The maximum absolute atomic E-state index is 15.4. The Morgan fingerprint density at radius 2 is 0.696 bits per heavy atom. The highest BCUT2D eigenvalue weighted by molar-refractivity contribution is 6.39. The van der Waals surface area contributed by atoms with Crippen LogP contribution in [0.15, 0.2) is 66.7 Å². The Kier molecular flexibility index (Phi) is 22.8. The van der Waals surface area contributed by atoms with Gasteiger partial charge in [-0.15, -0.1) is 6.07 Å². The molecule has 0 heterocycles. The van der Waals surface area contributed by atoms with E-state index in [1.165, 1.54) is 0 Å². The molecule has 4 aromatic rings. The van der Waals surface area contributed by atoms with E-state index in [0.717, 1.165) is 0 Å². The van der Waals surface area contributed by atoms with E-state index < -0.39 is 142 Å². The van der Waals surface area contributed by atoms with Crippen molar-refractivity contribution in [2.24, 2.45) is 0 Å². The summed E-state index contributed by atoms with van der Waals surface area (Å²) in [6.07, 6.45) is -39.6. The van der Waals surface area contributed by atoms with E-state index in [4.69, 9.17) is 14.0 Å². The van der Waals surface area contributed by atoms with Gasteiger partial charge in [-0.2, -0.15) is 124 Å². The van der Waals surface area contributed by atoms with Gasteiger partial charge in [0.15, 0.2) is 0 Å². The number of halogens is 24. The minimum atomic E-state index is -5.64. The maximum Gasteiger partial charge on any atom is 0.864 e. The fourth-order valence-electron chi connectivity index (χ4n) is 8.15. The Morgan fingerprint density at radius 1 is 0.380 bits per heavy atom. The van der Waals surface area contributed by atoms with Crippen LogP contribution in [-0.4, -0.2) is 31.4 Å². The number of unbranched alkanes of at least 4 members (excludes halogenated alkanes) is 5. The third-order valence-electron chi connectivity index (χ3n) is 12.0. The molecule has 0 radical (unpaired) electrons. The normalized spacial score (nSPS) is 13.7. The smallest absolute Gasteiger partial charge is 0.490 e. The number of quaternary nitrogens is 1. The van der Waals surface area contributed by atoms with E-state index in [9.17, 15) is 92.2 Å². The molecule has 4 nitrogen and oxygen atoms in total. The second-order valence-electron chi connectivity index (χ2n) is 18.0. The van der Waals surface area contributed by atoms with Gasteiger partial charge >= 0.3 is 56.7 Å². The maximum atomic E-state index is 15.4. The SMILES string of the molecule is CCCCCC(c1c(OB(Oc2cc(C(F)(F)F)cc(C(F)(F)F)c2)Oc2cc(C(F)(F)F)cc(C(F)(F)F)c2)cc(C(F)(F)F)cc1C(F)(F)F)[N+](CCCC)(CCCC)CCCC.FC(F)(F)c1c[c-]cc(C(F)(F)F)c1. The molecule has 0 saturated carbocycles. The van der Waals surface area contributed by atoms with Crippen molar-refractivity contribution in [2.75, 3.05) is 19.6 Å². The molecular formula is C50H50BF24NO3. The molecule has 0 aliphatic rings. The summed E-state index contributed by atoms with van der Waals surface area (Å²) < 4.78 is 345. The zero-order valence-electron chi connectivity index (χ0n) is 41.9. The lowest BCUT2D eigenvalue weighted by Gasteiger charge is -2.47. The minimum Gasteiger partial charge on any atom is -0.490 e. The van der Waals surface area contributed by atoms with Crippen LogP contribution < -0.4 is 14.0 Å². The largest absolute Gasteiger partial charge is 0.864 e. The molecule has 4 aromatic carbocycles. The van der Waals surface area contributed by atoms with Gasteiger partial charge in [0.2, 0.25) is 0 Å². The number of benzene rings is 4. The molecule has 1 unspecified atom stereocenters. The van der Waals surface area contributed by atoms with Gasteiger partial charge in [-0.1, -0.05) is 70.9 Å². The van der Waals surface area contributed by atoms with Gasteiger partial charge < -0.3 is 18.4 Å². The summed E-state index contributed by atoms with van der Waals surface area (Å²) in [5.74, 6) is -4.55. The predicted octanol–water partition coefficient (Wildman–Crippen LogP) is 19.7. The summed E-state index contributed by atoms with van der Waals surface area (Å²) in [5, 5.41) is 0. The molecule has 444 valence electrons. The van der Waals surface area contributed by atoms with Crippen LogP contribution >= 0.6 is 0 Å². The summed E-state index contributed by atoms with van der Waals surface area (Å²) >= 11 is 0. The first-order valence-corrected chi connectivity index (χ1v) is 23.9. The van der Waals surface area contributed by atoms with Crippen LogP contribution in [0.25, 0.3) is 0 Å². The topological polar surface area (TPSA) is 27.7 Å². The molecule has 0 saturated heterocycles. The first-order valence-electron chi connectivity index (χ1n) is 23.9. The van der Waals surface area contributed by atoms with E-state index in [0.29, 0.717) is 63.5 Å². The van der Waals surface area contributed by atoms with Gasteiger partial charge in [0, 0.05) is 6.42 Å². The summed E-state index contributed by atoms with van der Waals surface area (Å²) in [6.45, 7) is 7.59. The fraction of sp³-hybridized carbons (Fsp3) is 0.520. The first-order chi connectivity index (χ1) is 36.0. The Balaban J connectivity index is 0.00000101. The molecule has 1 atom stereocenters. The molecule has 29 heteroatoms. The highest BCUT2D eigenvalue weighted by atomic mass is 19.4. The monoisotopic (exact) mass is 1180 g/mol. The standard InChI is InChI=1S/C42H47BF18NO3.C8H3F6/c1-5-9-13-14-34(62(15-10-6-2,16-11-7-3)17-12-8-4)36-33(42(59,60)61)24-30(41(56,57)58)25-35(36)65-43(63-31-20-26(37(44,45)46)18-27(21-31)38(47,48)49)64-32-22-28(39(50,51)52)19-29(23-32)40(53,54)55;9-7(10,11)5-2-1-3-6(4-5)8(12,13)14/h18-25,34H,5-17H2,1-4H3;2-4H/q+1;-1. The number of hydrogen-bond donors (Lipinski definition) is 0. The van der Waals surface area contributed by atoms with Crippen molar-refractivity contribution >= 4 is 7.32 Å². The van der Waals surface area contributed by atoms with Crippen molar-refractivity contribution in [3.05, 3.63) is 123 Å². The average molecular weight is 1180 g/mol. The number of hydrogen-bond acceptors (Lipinski definition) is 3. The van der Waals surface area contributed by atoms with E-state index in [1.807, 2.05) is 0 Å². The van der Waals surface area contributed by atoms with Crippen molar-refractivity contribution in [1.82, 2.24) is 0 Å². The minimum absolute atomic E-state index is 0.0335. The van der Waals surface area contributed by atoms with Crippen LogP contribution in [0, 0.1) is 6.07 Å². The van der Waals surface area contributed by atoms with E-state index >= 15 is 13.2 Å². The van der Waals surface area contributed by atoms with Crippen LogP contribution in [0.3, 0.4) is 0 Å². The van der Waals surface area contributed by atoms with Crippen molar-refractivity contribution in [3.63, 3.8) is 0 Å². The zero-order chi connectivity index (χ0) is 60.4. The van der Waals surface area contributed by atoms with E-state index in [2.05, 4.69) is 0 Å². The van der Waals surface area contributed by atoms with Crippen LogP contribution in [0.4, 0.5) is 105 Å². The molecule has 0 fully saturated rings. The van der Waals surface area contributed by atoms with Gasteiger partial charge in [0.05, 0.1) is 58.6 Å². The van der Waals surface area contributed by atoms with Crippen LogP contribution in [0.5, 0.6) is 17.2 Å². The van der Waals surface area contributed by atoms with Gasteiger partial charge in [-0.25, -0.2) is 0 Å². The van der Waals surface area contributed by atoms with Crippen molar-refractivity contribution in [2.45, 2.75) is 147 Å². The Bertz CT molecular complexity index is 2370. The third kappa shape index (κ3) is 20.0. The summed E-state index contributed by atoms with van der Waals surface area (Å²) in [4.78, 5) is 0. The Hall–Kier alpha value is -5.38. The molecule has 0 N–H and O–H groups in total. The summed E-state index contributed by atoms with van der Waals surface area (Å²) in [6, 6.07) is -0.121. The predicted molar refractivity (Wildman–Crippen MR) is 239 cm³/mol. The number of alkyl halides is 24. The Morgan fingerprint density at radius 3 is 1.00 bits per heavy atom. The van der Waals surface area contributed by atoms with E-state index in [-0.39, 0.29) is 79.4 Å². The third-order valence-corrected chi connectivity index (χ3v) is 12.0. The van der Waals surface area contributed by atoms with Gasteiger partial charge in [0.25, 0.3) is 0 Å².